The van der Waals surface area contributed by atoms with Gasteiger partial charge in [0.2, 0.25) is 0 Å². The summed E-state index contributed by atoms with van der Waals surface area (Å²) < 4.78 is 8.46. The van der Waals surface area contributed by atoms with Crippen molar-refractivity contribution < 1.29 is 14.3 Å². The van der Waals surface area contributed by atoms with Crippen LogP contribution in [0.3, 0.4) is 0 Å². The van der Waals surface area contributed by atoms with Crippen molar-refractivity contribution in [2.24, 2.45) is 0 Å². The summed E-state index contributed by atoms with van der Waals surface area (Å²) in [7, 11) is -0.833. The van der Waals surface area contributed by atoms with E-state index in [0.717, 1.165) is 23.0 Å². The number of rotatable bonds is 2. The van der Waals surface area contributed by atoms with Crippen LogP contribution in [0.15, 0.2) is 84.9 Å². The molecule has 3 aromatic rings. The van der Waals surface area contributed by atoms with Gasteiger partial charge in [-0.05, 0) is 18.1 Å². The molecule has 0 saturated carbocycles. The Morgan fingerprint density at radius 2 is 1.25 bits per heavy atom. The van der Waals surface area contributed by atoms with E-state index in [1.54, 1.807) is 0 Å². The van der Waals surface area contributed by atoms with Crippen molar-refractivity contribution in [3.8, 4) is 11.1 Å². The van der Waals surface area contributed by atoms with E-state index in [-0.39, 0.29) is 0 Å². The molecule has 0 fully saturated rings. The zero-order chi connectivity index (χ0) is 17.6. The van der Waals surface area contributed by atoms with Crippen LogP contribution >= 0.6 is 8.69 Å². The molecule has 0 aliphatic carbocycles. The molecule has 0 heterocycles. The van der Waals surface area contributed by atoms with E-state index in [1.807, 2.05) is 72.8 Å². The van der Waals surface area contributed by atoms with Crippen LogP contribution in [0.1, 0.15) is 15.9 Å². The largest absolute Gasteiger partial charge is 0.324 e. The van der Waals surface area contributed by atoms with Crippen molar-refractivity contribution >= 4 is 15.0 Å². The average molecular weight is 338 g/mol. The highest BCUT2D eigenvalue weighted by Gasteiger charge is 2.01. The monoisotopic (exact) mass is 338 g/mol. The minimum Gasteiger partial charge on any atom is -0.310 e. The second-order valence-electron chi connectivity index (χ2n) is 4.81. The normalized spacial score (nSPS) is 9.08. The van der Waals surface area contributed by atoms with Gasteiger partial charge in [0.15, 0.2) is 6.29 Å². The van der Waals surface area contributed by atoms with E-state index >= 15 is 0 Å². The van der Waals surface area contributed by atoms with Gasteiger partial charge in [-0.3, -0.25) is 4.79 Å². The smallest absolute Gasteiger partial charge is 0.310 e. The van der Waals surface area contributed by atoms with Gasteiger partial charge in [0.1, 0.15) is 0 Å². The summed E-state index contributed by atoms with van der Waals surface area (Å²) in [5.74, 6) is 0. The van der Waals surface area contributed by atoms with Crippen LogP contribution < -0.4 is 0 Å². The van der Waals surface area contributed by atoms with E-state index in [0.29, 0.717) is 0 Å². The Bertz CT molecular complexity index is 728. The maximum absolute atomic E-state index is 10.8. The molecular weight excluding hydrogens is 319 g/mol. The predicted molar refractivity (Wildman–Crippen MR) is 98.3 cm³/mol. The summed E-state index contributed by atoms with van der Waals surface area (Å²) >= 11 is 0. The van der Waals surface area contributed by atoms with Crippen LogP contribution in [0.2, 0.25) is 0 Å². The minimum absolute atomic E-state index is 0.735. The third-order valence-electron chi connectivity index (χ3n) is 3.11. The highest BCUT2D eigenvalue weighted by Crippen LogP contribution is 2.21. The highest BCUT2D eigenvalue weighted by atomic mass is 31.1. The van der Waals surface area contributed by atoms with Gasteiger partial charge in [0.05, 0.1) is 0 Å². The van der Waals surface area contributed by atoms with E-state index in [4.69, 9.17) is 9.46 Å². The second kappa shape index (κ2) is 11.9. The summed E-state index contributed by atoms with van der Waals surface area (Å²) in [5.41, 5.74) is 4.12. The van der Waals surface area contributed by atoms with E-state index in [9.17, 15) is 4.79 Å². The third kappa shape index (κ3) is 7.10. The summed E-state index contributed by atoms with van der Waals surface area (Å²) in [6.07, 6.45) is 0.891. The van der Waals surface area contributed by atoms with Crippen molar-refractivity contribution in [3.63, 3.8) is 0 Å². The molecule has 0 aromatic heterocycles. The van der Waals surface area contributed by atoms with Crippen molar-refractivity contribution in [1.82, 2.24) is 0 Å². The zero-order valence-electron chi connectivity index (χ0n) is 13.4. The van der Waals surface area contributed by atoms with Gasteiger partial charge in [-0.2, -0.15) is 0 Å². The first-order valence-corrected chi connectivity index (χ1v) is 8.07. The van der Waals surface area contributed by atoms with Gasteiger partial charge in [0, 0.05) is 5.56 Å². The number of carbonyl (C=O) groups excluding carboxylic acids is 1. The first kappa shape index (κ1) is 19.4. The Morgan fingerprint density at radius 3 is 1.71 bits per heavy atom. The lowest BCUT2D eigenvalue weighted by molar-refractivity contribution is 0.112. The van der Waals surface area contributed by atoms with Crippen molar-refractivity contribution in [2.75, 3.05) is 0 Å². The molecule has 122 valence electrons. The predicted octanol–water partition coefficient (Wildman–Crippen LogP) is 5.35. The number of hydrogen-bond acceptors (Lipinski definition) is 2. The van der Waals surface area contributed by atoms with Gasteiger partial charge in [0.25, 0.3) is 0 Å². The molecule has 3 nitrogen and oxygen atoms in total. The summed E-state index contributed by atoms with van der Waals surface area (Å²) in [6, 6.07) is 27.8. The molecule has 0 atom stereocenters. The molecule has 3 aromatic carbocycles. The van der Waals surface area contributed by atoms with Gasteiger partial charge < -0.3 is 4.89 Å². The Labute approximate surface area is 143 Å². The number of aryl methyl sites for hydroxylation is 1. The molecule has 1 N–H and O–H groups in total. The summed E-state index contributed by atoms with van der Waals surface area (Å²) in [4.78, 5) is 17.8. The minimum atomic E-state index is -0.833. The third-order valence-corrected chi connectivity index (χ3v) is 3.11. The molecule has 4 heteroatoms. The van der Waals surface area contributed by atoms with Crippen molar-refractivity contribution in [1.29, 1.82) is 0 Å². The maximum atomic E-state index is 10.8. The molecule has 0 amide bonds. The summed E-state index contributed by atoms with van der Waals surface area (Å²) in [6.45, 7) is 2.08. The molecule has 0 radical (unpaired) electrons. The maximum Gasteiger partial charge on any atom is 0.324 e. The first-order chi connectivity index (χ1) is 11.7. The number of benzene rings is 3. The molecule has 0 aliphatic heterocycles. The standard InChI is InChI=1S/C13H10O.C7H8.HO2P/c14-10-12-8-4-5-9-13(12)11-6-2-1-3-7-11;1-7-5-3-2-4-6-7;1-3-2/h1-10H;2-6H,1H3;(H,1,2). The summed E-state index contributed by atoms with van der Waals surface area (Å²) in [5, 5.41) is 0. The van der Waals surface area contributed by atoms with E-state index < -0.39 is 8.69 Å². The molecule has 0 aliphatic rings. The topological polar surface area (TPSA) is 54.4 Å². The lowest BCUT2D eigenvalue weighted by atomic mass is 10.0. The second-order valence-corrected chi connectivity index (χ2v) is 4.97. The SMILES string of the molecule is Cc1ccccc1.O=Cc1ccccc1-c1ccccc1.O=PO. The van der Waals surface area contributed by atoms with Crippen LogP contribution in [0.5, 0.6) is 0 Å². The molecule has 0 spiro atoms. The zero-order valence-corrected chi connectivity index (χ0v) is 14.3. The fourth-order valence-corrected chi connectivity index (χ4v) is 2.01. The Balaban J connectivity index is 0.000000241. The Morgan fingerprint density at radius 1 is 0.792 bits per heavy atom. The van der Waals surface area contributed by atoms with Crippen LogP contribution in [0.25, 0.3) is 11.1 Å². The lowest BCUT2D eigenvalue weighted by Crippen LogP contribution is -1.85. The van der Waals surface area contributed by atoms with Crippen LogP contribution in [0, 0.1) is 6.92 Å². The molecule has 0 unspecified atom stereocenters. The van der Waals surface area contributed by atoms with Gasteiger partial charge >= 0.3 is 8.69 Å². The van der Waals surface area contributed by atoms with Crippen LogP contribution in [-0.4, -0.2) is 11.2 Å². The van der Waals surface area contributed by atoms with Crippen LogP contribution in [0.4, 0.5) is 0 Å². The quantitative estimate of drug-likeness (QED) is 0.506. The first-order valence-electron chi connectivity index (χ1n) is 7.31. The van der Waals surface area contributed by atoms with E-state index in [2.05, 4.69) is 19.1 Å². The number of carbonyl (C=O) groups is 1. The Hall–Kier alpha value is -2.61. The fourth-order valence-electron chi connectivity index (χ4n) is 2.01. The molecule has 0 bridgehead atoms. The van der Waals surface area contributed by atoms with Crippen molar-refractivity contribution in [2.45, 2.75) is 6.92 Å². The van der Waals surface area contributed by atoms with Gasteiger partial charge in [-0.15, -0.1) is 0 Å². The number of hydrogen-bond donors (Lipinski definition) is 1. The molecule has 0 saturated heterocycles. The van der Waals surface area contributed by atoms with Crippen molar-refractivity contribution in [3.05, 3.63) is 96.1 Å². The Kier molecular flexibility index (Phi) is 9.63. The molecular formula is C20H19O3P. The van der Waals surface area contributed by atoms with Gasteiger partial charge in [-0.1, -0.05) is 90.5 Å². The van der Waals surface area contributed by atoms with Gasteiger partial charge in [-0.25, -0.2) is 4.57 Å². The number of aldehydes is 1. The average Bonchev–Trinajstić information content (AvgIpc) is 2.64. The highest BCUT2D eigenvalue weighted by molar-refractivity contribution is 7.16. The fraction of sp³-hybridized carbons (Fsp3) is 0.0500. The lowest BCUT2D eigenvalue weighted by Gasteiger charge is -2.03. The van der Waals surface area contributed by atoms with Crippen LogP contribution in [-0.2, 0) is 4.57 Å². The molecule has 24 heavy (non-hydrogen) atoms. The molecule has 3 rings (SSSR count). The van der Waals surface area contributed by atoms with E-state index in [1.165, 1.54) is 5.56 Å².